The van der Waals surface area contributed by atoms with E-state index in [2.05, 4.69) is 11.0 Å². The Balaban J connectivity index is 1.27. The Labute approximate surface area is 279 Å². The highest BCUT2D eigenvalue weighted by Crippen LogP contribution is 2.39. The molecule has 3 aromatic rings. The molecule has 0 N–H and O–H groups in total. The van der Waals surface area contributed by atoms with Crippen molar-refractivity contribution in [3.63, 3.8) is 0 Å². The lowest BCUT2D eigenvalue weighted by Gasteiger charge is -2.37. The van der Waals surface area contributed by atoms with Crippen LogP contribution >= 0.6 is 23.2 Å². The average Bonchev–Trinajstić information content (AvgIpc) is 3.09. The number of hydrogen-bond donors (Lipinski definition) is 0. The minimum atomic E-state index is -0.335. The van der Waals surface area contributed by atoms with E-state index in [1.165, 1.54) is 11.3 Å². The minimum Gasteiger partial charge on any atom is -0.482 e. The summed E-state index contributed by atoms with van der Waals surface area (Å²) in [6.45, 7) is 4.59. The number of ether oxygens (including phenoxy) is 2. The van der Waals surface area contributed by atoms with Gasteiger partial charge in [0, 0.05) is 51.4 Å². The highest BCUT2D eigenvalue weighted by Gasteiger charge is 2.32. The molecule has 0 spiro atoms. The van der Waals surface area contributed by atoms with Gasteiger partial charge in [-0.25, -0.2) is 0 Å². The van der Waals surface area contributed by atoms with E-state index in [-0.39, 0.29) is 41.9 Å². The maximum atomic E-state index is 13.9. The molecular formula is C35H38Cl2N4O5. The lowest BCUT2D eigenvalue weighted by molar-refractivity contribution is -0.133. The molecule has 3 heterocycles. The Morgan fingerprint density at radius 1 is 0.891 bits per heavy atom. The Hall–Kier alpha value is -3.63. The van der Waals surface area contributed by atoms with Gasteiger partial charge in [-0.15, -0.1) is 0 Å². The molecule has 0 radical (unpaired) electrons. The largest absolute Gasteiger partial charge is 0.482 e. The van der Waals surface area contributed by atoms with Crippen LogP contribution in [0.2, 0.25) is 10.0 Å². The number of nitrogens with zero attached hydrogens (tertiary/aromatic N) is 4. The molecule has 1 atom stereocenters. The lowest BCUT2D eigenvalue weighted by Crippen LogP contribution is -2.48. The molecule has 9 nitrogen and oxygen atoms in total. The van der Waals surface area contributed by atoms with Crippen molar-refractivity contribution in [2.75, 3.05) is 71.0 Å². The fourth-order valence-electron chi connectivity index (χ4n) is 6.31. The highest BCUT2D eigenvalue weighted by atomic mass is 35.5. The molecule has 0 aromatic heterocycles. The van der Waals surface area contributed by atoms with E-state index in [1.54, 1.807) is 24.1 Å². The van der Waals surface area contributed by atoms with Crippen LogP contribution in [0.5, 0.6) is 5.75 Å². The van der Waals surface area contributed by atoms with Gasteiger partial charge in [-0.2, -0.15) is 0 Å². The summed E-state index contributed by atoms with van der Waals surface area (Å²) in [6, 6.07) is 18.7. The van der Waals surface area contributed by atoms with Gasteiger partial charge in [0.1, 0.15) is 12.3 Å². The number of fused-ring (bicyclic) bond motifs is 1. The zero-order valence-electron chi connectivity index (χ0n) is 25.9. The number of piperidine rings is 1. The molecule has 3 aliphatic heterocycles. The maximum absolute atomic E-state index is 13.9. The van der Waals surface area contributed by atoms with Crippen molar-refractivity contribution in [2.24, 2.45) is 0 Å². The summed E-state index contributed by atoms with van der Waals surface area (Å²) in [5.41, 5.74) is 3.95. The van der Waals surface area contributed by atoms with E-state index in [1.807, 2.05) is 47.4 Å². The number of benzene rings is 3. The van der Waals surface area contributed by atoms with E-state index in [9.17, 15) is 14.4 Å². The molecule has 0 bridgehead atoms. The van der Waals surface area contributed by atoms with Crippen LogP contribution in [0.3, 0.4) is 0 Å². The first-order chi connectivity index (χ1) is 22.3. The number of amides is 3. The number of anilines is 1. The number of carbonyl (C=O) groups excluding carboxylic acids is 3. The zero-order chi connectivity index (χ0) is 32.2. The van der Waals surface area contributed by atoms with Crippen LogP contribution in [0.25, 0.3) is 11.1 Å². The summed E-state index contributed by atoms with van der Waals surface area (Å²) in [4.78, 5) is 47.5. The van der Waals surface area contributed by atoms with Gasteiger partial charge in [0.05, 0.1) is 35.0 Å². The molecular weight excluding hydrogens is 627 g/mol. The molecule has 0 aliphatic carbocycles. The minimum absolute atomic E-state index is 0.0658. The van der Waals surface area contributed by atoms with Crippen LogP contribution in [0.15, 0.2) is 60.7 Å². The topological polar surface area (TPSA) is 82.6 Å². The van der Waals surface area contributed by atoms with Crippen molar-refractivity contribution >= 4 is 46.6 Å². The van der Waals surface area contributed by atoms with Gasteiger partial charge in [-0.05, 0) is 60.2 Å². The predicted molar refractivity (Wildman–Crippen MR) is 179 cm³/mol. The van der Waals surface area contributed by atoms with Crippen LogP contribution in [0.1, 0.15) is 41.2 Å². The van der Waals surface area contributed by atoms with E-state index < -0.39 is 0 Å². The number of likely N-dealkylation sites (tertiary alicyclic amines) is 1. The molecule has 3 aromatic carbocycles. The summed E-state index contributed by atoms with van der Waals surface area (Å²) < 4.78 is 11.2. The molecule has 46 heavy (non-hydrogen) atoms. The second-order valence-corrected chi connectivity index (χ2v) is 12.8. The van der Waals surface area contributed by atoms with E-state index >= 15 is 0 Å². The second kappa shape index (κ2) is 14.4. The molecule has 242 valence electrons. The Morgan fingerprint density at radius 2 is 1.59 bits per heavy atom. The third kappa shape index (κ3) is 7.18. The maximum Gasteiger partial charge on any atom is 0.265 e. The lowest BCUT2D eigenvalue weighted by atomic mass is 9.96. The molecule has 0 saturated carbocycles. The standard InChI is InChI=1S/C35H38Cl2N4O5/c1-38(33(42)22-41-30-19-28(36)29(37)20-32(30)46-23-34(41)43)31(21-39-13-15-45-16-14-39)26-9-5-7-24(17-26)25-8-6-10-27(18-25)35(44)40-11-3-2-4-12-40/h5-10,17-20,31H,2-4,11-16,21-23H2,1H3/t31-/m1/s1. The average molecular weight is 666 g/mol. The van der Waals surface area contributed by atoms with Crippen LogP contribution in [-0.4, -0.2) is 98.6 Å². The van der Waals surface area contributed by atoms with Crippen LogP contribution in [0.4, 0.5) is 5.69 Å². The Morgan fingerprint density at radius 3 is 2.35 bits per heavy atom. The smallest absolute Gasteiger partial charge is 0.265 e. The summed E-state index contributed by atoms with van der Waals surface area (Å²) in [7, 11) is 1.78. The van der Waals surface area contributed by atoms with Crippen LogP contribution < -0.4 is 9.64 Å². The molecule has 11 heteroatoms. The first kappa shape index (κ1) is 32.3. The summed E-state index contributed by atoms with van der Waals surface area (Å²) in [5, 5.41) is 0.582. The fraction of sp³-hybridized carbons (Fsp3) is 0.400. The first-order valence-corrected chi connectivity index (χ1v) is 16.5. The van der Waals surface area contributed by atoms with Gasteiger partial charge in [0.15, 0.2) is 6.61 Å². The molecule has 3 amide bonds. The van der Waals surface area contributed by atoms with Crippen molar-refractivity contribution in [1.82, 2.24) is 14.7 Å². The number of likely N-dealkylation sites (N-methyl/N-ethyl adjacent to an activating group) is 1. The van der Waals surface area contributed by atoms with E-state index in [4.69, 9.17) is 32.7 Å². The summed E-state index contributed by atoms with van der Waals surface area (Å²) in [5.74, 6) is -0.0950. The highest BCUT2D eigenvalue weighted by molar-refractivity contribution is 6.42. The summed E-state index contributed by atoms with van der Waals surface area (Å²) >= 11 is 12.5. The molecule has 3 aliphatic rings. The van der Waals surface area contributed by atoms with Crippen molar-refractivity contribution in [3.05, 3.63) is 81.8 Å². The van der Waals surface area contributed by atoms with Gasteiger partial charge in [-0.3, -0.25) is 24.2 Å². The van der Waals surface area contributed by atoms with Gasteiger partial charge in [0.25, 0.3) is 11.8 Å². The quantitative estimate of drug-likeness (QED) is 0.314. The van der Waals surface area contributed by atoms with Crippen LogP contribution in [-0.2, 0) is 14.3 Å². The van der Waals surface area contributed by atoms with Gasteiger partial charge in [-0.1, -0.05) is 53.5 Å². The normalized spacial score (nSPS) is 17.7. The van der Waals surface area contributed by atoms with Crippen molar-refractivity contribution in [1.29, 1.82) is 0 Å². The predicted octanol–water partition coefficient (Wildman–Crippen LogP) is 5.54. The molecule has 2 saturated heterocycles. The number of rotatable bonds is 8. The van der Waals surface area contributed by atoms with Gasteiger partial charge >= 0.3 is 0 Å². The number of halogens is 2. The zero-order valence-corrected chi connectivity index (χ0v) is 27.4. The molecule has 6 rings (SSSR count). The Bertz CT molecular complexity index is 1610. The number of hydrogen-bond acceptors (Lipinski definition) is 6. The number of morpholine rings is 1. The third-order valence-corrected chi connectivity index (χ3v) is 9.71. The second-order valence-electron chi connectivity index (χ2n) is 12.0. The summed E-state index contributed by atoms with van der Waals surface area (Å²) in [6.07, 6.45) is 3.25. The monoisotopic (exact) mass is 664 g/mol. The molecule has 2 fully saturated rings. The third-order valence-electron chi connectivity index (χ3n) is 8.99. The van der Waals surface area contributed by atoms with Crippen molar-refractivity contribution < 1.29 is 23.9 Å². The van der Waals surface area contributed by atoms with E-state index in [0.29, 0.717) is 41.8 Å². The van der Waals surface area contributed by atoms with Crippen LogP contribution in [0, 0.1) is 0 Å². The van der Waals surface area contributed by atoms with Crippen molar-refractivity contribution in [2.45, 2.75) is 25.3 Å². The Kier molecular flexibility index (Phi) is 10.1. The molecule has 0 unspecified atom stereocenters. The first-order valence-electron chi connectivity index (χ1n) is 15.8. The van der Waals surface area contributed by atoms with Gasteiger partial charge < -0.3 is 19.3 Å². The number of carbonyl (C=O) groups is 3. The van der Waals surface area contributed by atoms with Gasteiger partial charge in [0.2, 0.25) is 5.91 Å². The van der Waals surface area contributed by atoms with Crippen molar-refractivity contribution in [3.8, 4) is 16.9 Å². The SMILES string of the molecule is CN(C(=O)CN1C(=O)COc2cc(Cl)c(Cl)cc21)[C@H](CN1CCOCC1)c1cccc(-c2cccc(C(=O)N3CCCCC3)c2)c1. The van der Waals surface area contributed by atoms with E-state index in [0.717, 1.165) is 55.7 Å². The fourth-order valence-corrected chi connectivity index (χ4v) is 6.62.